The number of alkyl halides is 1. The lowest BCUT2D eigenvalue weighted by molar-refractivity contribution is -0.129. The Morgan fingerprint density at radius 2 is 1.96 bits per heavy atom. The fourth-order valence-electron chi connectivity index (χ4n) is 2.99. The number of aryl methyl sites for hydroxylation is 1. The summed E-state index contributed by atoms with van der Waals surface area (Å²) in [4.78, 5) is 22.1. The molecule has 2 atom stereocenters. The minimum atomic E-state index is -1.53. The van der Waals surface area contributed by atoms with Crippen LogP contribution < -0.4 is 10.5 Å². The molecule has 0 saturated heterocycles. The molecule has 8 heteroatoms. The van der Waals surface area contributed by atoms with Crippen molar-refractivity contribution in [3.8, 4) is 5.75 Å². The molecular weight excluding hydrogens is 342 g/mol. The van der Waals surface area contributed by atoms with E-state index in [9.17, 15) is 13.6 Å². The number of aliphatic imine (C=N–C) groups is 1. The summed E-state index contributed by atoms with van der Waals surface area (Å²) in [7, 11) is 1.50. The zero-order valence-electron chi connectivity index (χ0n) is 14.5. The third kappa shape index (κ3) is 2.77. The van der Waals surface area contributed by atoms with Gasteiger partial charge in [0.1, 0.15) is 5.75 Å². The van der Waals surface area contributed by atoms with Crippen LogP contribution in [0, 0.1) is 12.9 Å². The Morgan fingerprint density at radius 1 is 1.27 bits per heavy atom. The molecule has 0 aliphatic carbocycles. The Morgan fingerprint density at radius 3 is 2.50 bits per heavy atom. The Kier molecular flexibility index (Phi) is 4.35. The van der Waals surface area contributed by atoms with Gasteiger partial charge in [0, 0.05) is 20.2 Å². The summed E-state index contributed by atoms with van der Waals surface area (Å²) >= 11 is 0. The first-order valence-corrected chi connectivity index (χ1v) is 7.93. The molecule has 1 aromatic carbocycles. The number of ether oxygens (including phenoxy) is 1. The number of amides is 1. The second kappa shape index (κ2) is 6.36. The van der Waals surface area contributed by atoms with Gasteiger partial charge in [-0.2, -0.15) is 4.39 Å². The van der Waals surface area contributed by atoms with Crippen LogP contribution >= 0.6 is 0 Å². The summed E-state index contributed by atoms with van der Waals surface area (Å²) < 4.78 is 32.0. The number of pyridine rings is 1. The average Bonchev–Trinajstić information content (AvgIpc) is 2.81. The molecule has 2 aromatic rings. The predicted molar refractivity (Wildman–Crippen MR) is 91.7 cm³/mol. The zero-order chi connectivity index (χ0) is 19.1. The summed E-state index contributed by atoms with van der Waals surface area (Å²) in [6, 6.07) is 7.47. The van der Waals surface area contributed by atoms with Gasteiger partial charge in [0.25, 0.3) is 5.91 Å². The van der Waals surface area contributed by atoms with E-state index in [1.807, 2.05) is 0 Å². The van der Waals surface area contributed by atoms with Crippen molar-refractivity contribution in [1.29, 1.82) is 0 Å². The van der Waals surface area contributed by atoms with E-state index in [-0.39, 0.29) is 5.96 Å². The molecule has 1 aliphatic heterocycles. The minimum absolute atomic E-state index is 0.0163. The van der Waals surface area contributed by atoms with E-state index in [0.29, 0.717) is 22.4 Å². The number of carbonyl (C=O) groups excluding carboxylic acids is 1. The van der Waals surface area contributed by atoms with Crippen LogP contribution in [0.1, 0.15) is 23.6 Å². The molecule has 6 nitrogen and oxygen atoms in total. The number of hydrogen-bond donors (Lipinski definition) is 1. The lowest BCUT2D eigenvalue weighted by Crippen LogP contribution is -2.41. The van der Waals surface area contributed by atoms with Crippen LogP contribution in [0.5, 0.6) is 5.75 Å². The average molecular weight is 360 g/mol. The molecule has 2 N–H and O–H groups in total. The number of carbonyl (C=O) groups is 1. The first-order chi connectivity index (χ1) is 12.3. The minimum Gasteiger partial charge on any atom is -0.460 e. The molecule has 3 rings (SSSR count). The van der Waals surface area contributed by atoms with Crippen molar-refractivity contribution in [1.82, 2.24) is 9.88 Å². The van der Waals surface area contributed by atoms with E-state index < -0.39 is 23.8 Å². The lowest BCUT2D eigenvalue weighted by atomic mass is 9.82. The molecule has 1 amide bonds. The van der Waals surface area contributed by atoms with Crippen LogP contribution in [-0.2, 0) is 10.3 Å². The van der Waals surface area contributed by atoms with Gasteiger partial charge < -0.3 is 10.5 Å². The van der Waals surface area contributed by atoms with E-state index in [1.54, 1.807) is 25.1 Å². The number of nitrogens with two attached hydrogens (primary N) is 1. The van der Waals surface area contributed by atoms with Crippen LogP contribution in [0.3, 0.4) is 0 Å². The molecule has 1 aliphatic rings. The highest BCUT2D eigenvalue weighted by molar-refractivity contribution is 6.08. The molecule has 0 radical (unpaired) electrons. The van der Waals surface area contributed by atoms with Crippen LogP contribution in [0.15, 0.2) is 41.5 Å². The van der Waals surface area contributed by atoms with Gasteiger partial charge in [0.15, 0.2) is 11.5 Å². The highest BCUT2D eigenvalue weighted by Gasteiger charge is 2.49. The standard InChI is InChI=1S/C18H18F2N4O2/c1-10-8-12(4-5-14(10)26-11(2)19)18(13-6-7-22-15(20)9-13)16(25)24(3)17(21)23-18/h4-9,11H,1-3H3,(H2,21,23). The van der Waals surface area contributed by atoms with Gasteiger partial charge in [0.2, 0.25) is 12.3 Å². The van der Waals surface area contributed by atoms with Gasteiger partial charge in [-0.1, -0.05) is 6.07 Å². The first kappa shape index (κ1) is 17.8. The van der Waals surface area contributed by atoms with Crippen molar-refractivity contribution >= 4 is 11.9 Å². The van der Waals surface area contributed by atoms with Gasteiger partial charge in [-0.3, -0.25) is 9.69 Å². The van der Waals surface area contributed by atoms with E-state index in [0.717, 1.165) is 6.07 Å². The Bertz CT molecular complexity index is 901. The Hall–Kier alpha value is -3.03. The molecule has 26 heavy (non-hydrogen) atoms. The number of aromatic nitrogens is 1. The predicted octanol–water partition coefficient (Wildman–Crippen LogP) is 2.25. The lowest BCUT2D eigenvalue weighted by Gasteiger charge is -2.26. The second-order valence-corrected chi connectivity index (χ2v) is 6.05. The van der Waals surface area contributed by atoms with Gasteiger partial charge in [0.05, 0.1) is 0 Å². The molecule has 1 aromatic heterocycles. The maximum atomic E-state index is 13.7. The molecule has 0 saturated carbocycles. The topological polar surface area (TPSA) is 80.8 Å². The summed E-state index contributed by atoms with van der Waals surface area (Å²) in [6.07, 6.45) is -0.213. The van der Waals surface area contributed by atoms with Crippen molar-refractivity contribution < 1.29 is 18.3 Å². The number of hydrogen-bond acceptors (Lipinski definition) is 5. The highest BCUT2D eigenvalue weighted by Crippen LogP contribution is 2.40. The smallest absolute Gasteiger partial charge is 0.266 e. The van der Waals surface area contributed by atoms with Crippen LogP contribution in [0.4, 0.5) is 8.78 Å². The maximum Gasteiger partial charge on any atom is 0.266 e. The van der Waals surface area contributed by atoms with E-state index in [1.165, 1.54) is 31.1 Å². The fraction of sp³-hybridized carbons (Fsp3) is 0.278. The van der Waals surface area contributed by atoms with Gasteiger partial charge >= 0.3 is 0 Å². The fourth-order valence-corrected chi connectivity index (χ4v) is 2.99. The van der Waals surface area contributed by atoms with Crippen molar-refractivity contribution in [2.45, 2.75) is 25.7 Å². The largest absolute Gasteiger partial charge is 0.460 e. The van der Waals surface area contributed by atoms with E-state index in [2.05, 4.69) is 9.98 Å². The molecular formula is C18H18F2N4O2. The molecule has 2 heterocycles. The monoisotopic (exact) mass is 360 g/mol. The third-order valence-electron chi connectivity index (χ3n) is 4.27. The molecule has 136 valence electrons. The van der Waals surface area contributed by atoms with Crippen molar-refractivity contribution in [2.75, 3.05) is 7.05 Å². The number of halogens is 2. The van der Waals surface area contributed by atoms with Crippen LogP contribution in [0.2, 0.25) is 0 Å². The van der Waals surface area contributed by atoms with Crippen molar-refractivity contribution in [2.24, 2.45) is 10.7 Å². The van der Waals surface area contributed by atoms with Crippen LogP contribution in [-0.4, -0.2) is 35.2 Å². The van der Waals surface area contributed by atoms with Gasteiger partial charge in [-0.15, -0.1) is 0 Å². The number of rotatable bonds is 4. The van der Waals surface area contributed by atoms with Gasteiger partial charge in [-0.05, 0) is 47.9 Å². The number of guanidine groups is 1. The van der Waals surface area contributed by atoms with Crippen molar-refractivity contribution in [3.63, 3.8) is 0 Å². The molecule has 0 fully saturated rings. The summed E-state index contributed by atoms with van der Waals surface area (Å²) in [5, 5.41) is 0. The number of benzene rings is 1. The molecule has 2 unspecified atom stereocenters. The first-order valence-electron chi connectivity index (χ1n) is 7.93. The number of likely N-dealkylation sites (N-methyl/N-ethyl adjacent to an activating group) is 1. The number of nitrogens with zero attached hydrogens (tertiary/aromatic N) is 3. The third-order valence-corrected chi connectivity index (χ3v) is 4.27. The summed E-state index contributed by atoms with van der Waals surface area (Å²) in [6.45, 7) is 2.99. The maximum absolute atomic E-state index is 13.7. The quantitative estimate of drug-likeness (QED) is 0.848. The Labute approximate surface area is 149 Å². The SMILES string of the molecule is Cc1cc(C2(c3ccnc(F)c3)N=C(N)N(C)C2=O)ccc1OC(C)F. The Balaban J connectivity index is 2.21. The normalized spacial score (nSPS) is 20.9. The molecule has 0 bridgehead atoms. The van der Waals surface area contributed by atoms with E-state index >= 15 is 0 Å². The summed E-state index contributed by atoms with van der Waals surface area (Å²) in [5.74, 6) is -0.799. The second-order valence-electron chi connectivity index (χ2n) is 6.05. The van der Waals surface area contributed by atoms with Gasteiger partial charge in [-0.25, -0.2) is 14.4 Å². The summed E-state index contributed by atoms with van der Waals surface area (Å²) in [5.41, 5.74) is 5.71. The zero-order valence-corrected chi connectivity index (χ0v) is 14.5. The van der Waals surface area contributed by atoms with E-state index in [4.69, 9.17) is 10.5 Å². The highest BCUT2D eigenvalue weighted by atomic mass is 19.1. The van der Waals surface area contributed by atoms with Crippen LogP contribution in [0.25, 0.3) is 0 Å². The van der Waals surface area contributed by atoms with Crippen molar-refractivity contribution in [3.05, 3.63) is 59.2 Å². The molecule has 0 spiro atoms.